The number of aryl methyl sites for hydroxylation is 1. The van der Waals surface area contributed by atoms with Gasteiger partial charge in [0.05, 0.1) is 16.6 Å². The maximum Gasteiger partial charge on any atom is 0.308 e. The monoisotopic (exact) mass is 662 g/mol. The Bertz CT molecular complexity index is 1760. The van der Waals surface area contributed by atoms with Crippen LogP contribution in [0.2, 0.25) is 0 Å². The summed E-state index contributed by atoms with van der Waals surface area (Å²) in [6.45, 7) is 1.70. The number of hydrogen-bond donors (Lipinski definition) is 1. The molecular formula is C31H27BrN4O4S2. The zero-order valence-electron chi connectivity index (χ0n) is 23.0. The molecule has 0 bridgehead atoms. The van der Waals surface area contributed by atoms with Crippen LogP contribution in [0.4, 0.5) is 17.1 Å². The van der Waals surface area contributed by atoms with Crippen molar-refractivity contribution in [1.29, 1.82) is 0 Å². The number of rotatable bonds is 6. The smallest absolute Gasteiger partial charge is 0.308 e. The second kappa shape index (κ2) is 11.2. The number of nitrogens with zero attached hydrogens (tertiary/aromatic N) is 3. The number of anilines is 3. The minimum Gasteiger partial charge on any atom is -0.378 e. The van der Waals surface area contributed by atoms with Crippen LogP contribution in [0.25, 0.3) is 0 Å². The summed E-state index contributed by atoms with van der Waals surface area (Å²) in [5.41, 5.74) is 3.92. The highest BCUT2D eigenvalue weighted by Gasteiger charge is 2.56. The summed E-state index contributed by atoms with van der Waals surface area (Å²) in [5.74, 6) is -2.18. The number of imide groups is 1. The molecule has 42 heavy (non-hydrogen) atoms. The van der Waals surface area contributed by atoms with Gasteiger partial charge in [-0.2, -0.15) is 0 Å². The first-order valence-electron chi connectivity index (χ1n) is 13.3. The van der Waals surface area contributed by atoms with Crippen LogP contribution in [-0.4, -0.2) is 41.6 Å². The fourth-order valence-electron chi connectivity index (χ4n) is 5.49. The van der Waals surface area contributed by atoms with E-state index in [0.29, 0.717) is 21.3 Å². The van der Waals surface area contributed by atoms with Gasteiger partial charge in [-0.3, -0.25) is 23.7 Å². The normalized spacial score (nSPS) is 19.4. The summed E-state index contributed by atoms with van der Waals surface area (Å²) in [7, 11) is 3.90. The molecule has 8 nitrogen and oxygen atoms in total. The van der Waals surface area contributed by atoms with E-state index in [4.69, 9.17) is 0 Å². The molecule has 6 rings (SSSR count). The number of halogens is 1. The summed E-state index contributed by atoms with van der Waals surface area (Å²) in [4.78, 5) is 58.1. The van der Waals surface area contributed by atoms with Gasteiger partial charge in [0.1, 0.15) is 11.8 Å². The number of amides is 3. The van der Waals surface area contributed by atoms with Crippen molar-refractivity contribution >= 4 is 73.8 Å². The second-order valence-corrected chi connectivity index (χ2v) is 13.5. The van der Waals surface area contributed by atoms with Crippen molar-refractivity contribution in [2.75, 3.05) is 29.2 Å². The maximum absolute atomic E-state index is 14.0. The van der Waals surface area contributed by atoms with Crippen molar-refractivity contribution in [3.63, 3.8) is 0 Å². The highest BCUT2D eigenvalue weighted by Crippen LogP contribution is 2.54. The molecule has 3 atom stereocenters. The molecule has 11 heteroatoms. The van der Waals surface area contributed by atoms with E-state index in [-0.39, 0.29) is 29.1 Å². The quantitative estimate of drug-likeness (QED) is 0.275. The summed E-state index contributed by atoms with van der Waals surface area (Å²) in [5, 5.41) is 2.71. The Kier molecular flexibility index (Phi) is 7.59. The fraction of sp³-hybridized carbons (Fsp3) is 0.226. The van der Waals surface area contributed by atoms with Gasteiger partial charge in [0, 0.05) is 40.7 Å². The van der Waals surface area contributed by atoms with Gasteiger partial charge < -0.3 is 10.2 Å². The molecule has 1 N–H and O–H groups in total. The third kappa shape index (κ3) is 4.99. The van der Waals surface area contributed by atoms with Crippen LogP contribution in [0.15, 0.2) is 87.1 Å². The molecule has 3 heterocycles. The summed E-state index contributed by atoms with van der Waals surface area (Å²) in [6, 6.07) is 22.4. The average Bonchev–Trinajstić information content (AvgIpc) is 3.41. The second-order valence-electron chi connectivity index (χ2n) is 10.5. The highest BCUT2D eigenvalue weighted by molar-refractivity contribution is 9.10. The van der Waals surface area contributed by atoms with Gasteiger partial charge in [-0.15, -0.1) is 0 Å². The number of carbonyl (C=O) groups is 3. The number of hydrogen-bond acceptors (Lipinski definition) is 7. The van der Waals surface area contributed by atoms with Gasteiger partial charge in [-0.25, -0.2) is 4.90 Å². The van der Waals surface area contributed by atoms with E-state index in [9.17, 15) is 19.2 Å². The lowest BCUT2D eigenvalue weighted by Crippen LogP contribution is -2.33. The minimum atomic E-state index is -0.744. The molecule has 4 aromatic rings. The van der Waals surface area contributed by atoms with Crippen LogP contribution in [0.3, 0.4) is 0 Å². The van der Waals surface area contributed by atoms with Crippen molar-refractivity contribution in [3.05, 3.63) is 103 Å². The number of nitrogens with one attached hydrogen (secondary N) is 1. The van der Waals surface area contributed by atoms with Crippen LogP contribution < -0.4 is 20.0 Å². The van der Waals surface area contributed by atoms with Crippen LogP contribution >= 0.6 is 39.0 Å². The van der Waals surface area contributed by atoms with E-state index in [2.05, 4.69) is 21.2 Å². The first-order valence-corrected chi connectivity index (χ1v) is 15.8. The van der Waals surface area contributed by atoms with E-state index >= 15 is 0 Å². The van der Waals surface area contributed by atoms with E-state index in [0.717, 1.165) is 32.6 Å². The number of carbonyl (C=O) groups excluding carboxylic acids is 3. The Morgan fingerprint density at radius 1 is 0.952 bits per heavy atom. The fourth-order valence-corrected chi connectivity index (χ4v) is 8.52. The van der Waals surface area contributed by atoms with Crippen LogP contribution in [-0.2, 0) is 20.9 Å². The maximum atomic E-state index is 14.0. The lowest BCUT2D eigenvalue weighted by atomic mass is 9.83. The Hall–Kier alpha value is -3.67. The molecule has 0 unspecified atom stereocenters. The van der Waals surface area contributed by atoms with Gasteiger partial charge >= 0.3 is 4.87 Å². The molecule has 0 aliphatic carbocycles. The molecule has 214 valence electrons. The zero-order chi connectivity index (χ0) is 29.7. The van der Waals surface area contributed by atoms with Crippen LogP contribution in [0.1, 0.15) is 21.9 Å². The molecule has 0 radical (unpaired) electrons. The third-order valence-corrected chi connectivity index (χ3v) is 10.8. The molecule has 0 saturated carbocycles. The molecule has 1 aromatic heterocycles. The van der Waals surface area contributed by atoms with Gasteiger partial charge in [-0.1, -0.05) is 69.4 Å². The molecule has 0 spiro atoms. The van der Waals surface area contributed by atoms with Crippen LogP contribution in [0, 0.1) is 12.8 Å². The predicted molar refractivity (Wildman–Crippen MR) is 171 cm³/mol. The SMILES string of the molecule is Cc1ccccc1NC(=O)Cn1c2c(sc1=O)[C@@H](c1ccc(N(C)C)cc1)[C@@H]1C(=O)N(c3ccc(Br)cc3)C(=O)[C@@H]1S2. The molecular weight excluding hydrogens is 636 g/mol. The zero-order valence-corrected chi connectivity index (χ0v) is 26.3. The van der Waals surface area contributed by atoms with E-state index < -0.39 is 17.1 Å². The summed E-state index contributed by atoms with van der Waals surface area (Å²) < 4.78 is 2.28. The Morgan fingerprint density at radius 3 is 2.31 bits per heavy atom. The van der Waals surface area contributed by atoms with Crippen molar-refractivity contribution < 1.29 is 14.4 Å². The number of para-hydroxylation sites is 1. The molecule has 2 aliphatic heterocycles. The molecule has 1 fully saturated rings. The molecule has 1 saturated heterocycles. The first-order chi connectivity index (χ1) is 20.1. The van der Waals surface area contributed by atoms with Crippen molar-refractivity contribution in [1.82, 2.24) is 4.57 Å². The number of thioether (sulfide) groups is 1. The third-order valence-electron chi connectivity index (χ3n) is 7.62. The highest BCUT2D eigenvalue weighted by atomic mass is 79.9. The lowest BCUT2D eigenvalue weighted by molar-refractivity contribution is -0.122. The molecule has 3 aromatic carbocycles. The van der Waals surface area contributed by atoms with E-state index in [1.54, 1.807) is 24.3 Å². The van der Waals surface area contributed by atoms with E-state index in [1.807, 2.05) is 74.4 Å². The molecule has 2 aliphatic rings. The van der Waals surface area contributed by atoms with Gasteiger partial charge in [0.2, 0.25) is 17.7 Å². The lowest BCUT2D eigenvalue weighted by Gasteiger charge is -2.31. The minimum absolute atomic E-state index is 0.200. The van der Waals surface area contributed by atoms with E-state index in [1.165, 1.54) is 21.2 Å². The molecule has 3 amide bonds. The van der Waals surface area contributed by atoms with Crippen molar-refractivity contribution in [2.45, 2.75) is 29.7 Å². The Balaban J connectivity index is 1.42. The predicted octanol–water partition coefficient (Wildman–Crippen LogP) is 5.48. The number of benzene rings is 3. The van der Waals surface area contributed by atoms with Crippen molar-refractivity contribution in [2.24, 2.45) is 5.92 Å². The van der Waals surface area contributed by atoms with Gasteiger partial charge in [0.15, 0.2) is 0 Å². The first kappa shape index (κ1) is 28.4. The van der Waals surface area contributed by atoms with Gasteiger partial charge in [-0.05, 0) is 60.5 Å². The topological polar surface area (TPSA) is 91.7 Å². The van der Waals surface area contributed by atoms with Crippen LogP contribution in [0.5, 0.6) is 0 Å². The van der Waals surface area contributed by atoms with Crippen molar-refractivity contribution in [3.8, 4) is 0 Å². The number of fused-ring (bicyclic) bond motifs is 2. The average molecular weight is 664 g/mol. The largest absolute Gasteiger partial charge is 0.378 e. The number of thiazole rings is 1. The summed E-state index contributed by atoms with van der Waals surface area (Å²) in [6.07, 6.45) is 0. The van der Waals surface area contributed by atoms with Gasteiger partial charge in [0.25, 0.3) is 0 Å². The Labute approximate surface area is 259 Å². The standard InChI is InChI=1S/C31H27BrN4O4S2/c1-17-6-4-5-7-22(17)33-23(37)16-35-30-27(42-31(35)40)24(18-8-12-20(13-9-18)34(2)3)25-26(41-30)29(39)36(28(25)38)21-14-10-19(32)11-15-21/h4-15,24-26H,16H2,1-3H3,(H,33,37)/t24-,25-,26+/m0/s1. The summed E-state index contributed by atoms with van der Waals surface area (Å²) >= 11 is 5.67. The number of aromatic nitrogens is 1. The Morgan fingerprint density at radius 2 is 1.64 bits per heavy atom.